The van der Waals surface area contributed by atoms with Crippen molar-refractivity contribution in [2.24, 2.45) is 0 Å². The topological polar surface area (TPSA) is 79.0 Å². The fraction of sp³-hybridized carbons (Fsp3) is 0.533. The lowest BCUT2D eigenvalue weighted by atomic mass is 10.3. The Morgan fingerprint density at radius 1 is 1.22 bits per heavy atom. The van der Waals surface area contributed by atoms with E-state index >= 15 is 0 Å². The minimum absolute atomic E-state index is 0.0175. The van der Waals surface area contributed by atoms with E-state index in [9.17, 15) is 14.4 Å². The standard InChI is InChI=1S/C15H23N3O4S/c1-5-18(6-2)13(20)10-17(3)9-12(19)16-11-7-8-23-14(11)15(21)22-4/h7-8H,5-6,9-10H2,1-4H3,(H,16,19). The minimum atomic E-state index is -0.486. The molecule has 0 aliphatic rings. The van der Waals surface area contributed by atoms with Gasteiger partial charge in [0.25, 0.3) is 0 Å². The van der Waals surface area contributed by atoms with E-state index in [2.05, 4.69) is 10.1 Å². The number of amides is 2. The van der Waals surface area contributed by atoms with Crippen LogP contribution in [-0.2, 0) is 14.3 Å². The van der Waals surface area contributed by atoms with Crippen LogP contribution >= 0.6 is 11.3 Å². The molecule has 23 heavy (non-hydrogen) atoms. The summed E-state index contributed by atoms with van der Waals surface area (Å²) in [4.78, 5) is 39.3. The maximum atomic E-state index is 12.0. The van der Waals surface area contributed by atoms with Gasteiger partial charge in [0.2, 0.25) is 11.8 Å². The van der Waals surface area contributed by atoms with Gasteiger partial charge in [-0.25, -0.2) is 4.79 Å². The summed E-state index contributed by atoms with van der Waals surface area (Å²) in [7, 11) is 3.00. The molecule has 1 aromatic heterocycles. The van der Waals surface area contributed by atoms with Crippen molar-refractivity contribution < 1.29 is 19.1 Å². The van der Waals surface area contributed by atoms with Crippen LogP contribution in [0.25, 0.3) is 0 Å². The third-order valence-corrected chi connectivity index (χ3v) is 4.14. The van der Waals surface area contributed by atoms with Gasteiger partial charge in [0.15, 0.2) is 0 Å². The molecule has 0 saturated heterocycles. The molecule has 2 amide bonds. The van der Waals surface area contributed by atoms with Crippen LogP contribution in [0.5, 0.6) is 0 Å². The SMILES string of the molecule is CCN(CC)C(=O)CN(C)CC(=O)Nc1ccsc1C(=O)OC. The van der Waals surface area contributed by atoms with E-state index in [1.54, 1.807) is 28.3 Å². The number of carbonyl (C=O) groups excluding carboxylic acids is 3. The van der Waals surface area contributed by atoms with Gasteiger partial charge in [-0.1, -0.05) is 0 Å². The number of hydrogen-bond acceptors (Lipinski definition) is 6. The van der Waals surface area contributed by atoms with Crippen molar-refractivity contribution in [3.8, 4) is 0 Å². The Bertz CT molecular complexity index is 555. The fourth-order valence-electron chi connectivity index (χ4n) is 2.06. The fourth-order valence-corrected chi connectivity index (χ4v) is 2.82. The monoisotopic (exact) mass is 341 g/mol. The van der Waals surface area contributed by atoms with E-state index in [1.807, 2.05) is 13.8 Å². The lowest BCUT2D eigenvalue weighted by molar-refractivity contribution is -0.132. The molecule has 0 radical (unpaired) electrons. The van der Waals surface area contributed by atoms with Gasteiger partial charge < -0.3 is 15.0 Å². The number of esters is 1. The van der Waals surface area contributed by atoms with Gasteiger partial charge in [-0.15, -0.1) is 11.3 Å². The number of anilines is 1. The van der Waals surface area contributed by atoms with E-state index in [0.29, 0.717) is 23.7 Å². The second-order valence-corrected chi connectivity index (χ2v) is 5.86. The van der Waals surface area contributed by atoms with Gasteiger partial charge in [-0.2, -0.15) is 0 Å². The highest BCUT2D eigenvalue weighted by atomic mass is 32.1. The lowest BCUT2D eigenvalue weighted by Crippen LogP contribution is -2.41. The van der Waals surface area contributed by atoms with Crippen molar-refractivity contribution in [3.05, 3.63) is 16.3 Å². The molecule has 0 saturated carbocycles. The molecule has 0 aromatic carbocycles. The van der Waals surface area contributed by atoms with E-state index in [-0.39, 0.29) is 24.9 Å². The van der Waals surface area contributed by atoms with Gasteiger partial charge in [0.1, 0.15) is 4.88 Å². The molecular weight excluding hydrogens is 318 g/mol. The molecule has 0 unspecified atom stereocenters. The molecular formula is C15H23N3O4S. The number of rotatable bonds is 8. The van der Waals surface area contributed by atoms with E-state index < -0.39 is 5.97 Å². The van der Waals surface area contributed by atoms with Crippen LogP contribution in [0.2, 0.25) is 0 Å². The number of nitrogens with one attached hydrogen (secondary N) is 1. The molecule has 0 bridgehead atoms. The Kier molecular flexibility index (Phi) is 7.70. The Morgan fingerprint density at radius 3 is 2.43 bits per heavy atom. The number of thiophene rings is 1. The average molecular weight is 341 g/mol. The van der Waals surface area contributed by atoms with Crippen molar-refractivity contribution >= 4 is 34.8 Å². The van der Waals surface area contributed by atoms with E-state index in [1.165, 1.54) is 18.4 Å². The molecule has 128 valence electrons. The Hall–Kier alpha value is -1.93. The van der Waals surface area contributed by atoms with Crippen molar-refractivity contribution in [3.63, 3.8) is 0 Å². The molecule has 1 N–H and O–H groups in total. The highest BCUT2D eigenvalue weighted by molar-refractivity contribution is 7.12. The first-order valence-corrected chi connectivity index (χ1v) is 8.22. The first-order valence-electron chi connectivity index (χ1n) is 7.34. The molecule has 0 aliphatic heterocycles. The Balaban J connectivity index is 2.55. The van der Waals surface area contributed by atoms with Crippen LogP contribution in [0, 0.1) is 0 Å². The number of hydrogen-bond donors (Lipinski definition) is 1. The summed E-state index contributed by atoms with van der Waals surface area (Å²) < 4.78 is 4.66. The molecule has 0 atom stereocenters. The maximum absolute atomic E-state index is 12.0. The van der Waals surface area contributed by atoms with Crippen LogP contribution < -0.4 is 5.32 Å². The molecule has 8 heteroatoms. The zero-order valence-electron chi connectivity index (χ0n) is 13.9. The number of carbonyl (C=O) groups is 3. The van der Waals surface area contributed by atoms with Crippen molar-refractivity contribution in [2.75, 3.05) is 45.7 Å². The van der Waals surface area contributed by atoms with Crippen molar-refractivity contribution in [1.29, 1.82) is 0 Å². The zero-order valence-corrected chi connectivity index (χ0v) is 14.7. The van der Waals surface area contributed by atoms with Gasteiger partial charge >= 0.3 is 5.97 Å². The van der Waals surface area contributed by atoms with Crippen LogP contribution in [0.15, 0.2) is 11.4 Å². The molecule has 1 rings (SSSR count). The Morgan fingerprint density at radius 2 is 1.87 bits per heavy atom. The molecule has 7 nitrogen and oxygen atoms in total. The highest BCUT2D eigenvalue weighted by Gasteiger charge is 2.18. The van der Waals surface area contributed by atoms with Crippen LogP contribution in [0.1, 0.15) is 23.5 Å². The molecule has 0 spiro atoms. The van der Waals surface area contributed by atoms with Gasteiger partial charge in [-0.3, -0.25) is 14.5 Å². The number of nitrogens with zero attached hydrogens (tertiary/aromatic N) is 2. The van der Waals surface area contributed by atoms with E-state index in [4.69, 9.17) is 0 Å². The molecule has 1 aromatic rings. The third-order valence-electron chi connectivity index (χ3n) is 3.24. The lowest BCUT2D eigenvalue weighted by Gasteiger charge is -2.22. The van der Waals surface area contributed by atoms with Crippen molar-refractivity contribution in [1.82, 2.24) is 9.80 Å². The number of likely N-dealkylation sites (N-methyl/N-ethyl adjacent to an activating group) is 2. The first kappa shape index (κ1) is 19.1. The summed E-state index contributed by atoms with van der Waals surface area (Å²) >= 11 is 1.20. The average Bonchev–Trinajstić information content (AvgIpc) is 2.95. The number of methoxy groups -OCH3 is 1. The number of ether oxygens (including phenoxy) is 1. The highest BCUT2D eigenvalue weighted by Crippen LogP contribution is 2.22. The second kappa shape index (κ2) is 9.26. The summed E-state index contributed by atoms with van der Waals surface area (Å²) in [6.07, 6.45) is 0. The first-order chi connectivity index (χ1) is 10.9. The van der Waals surface area contributed by atoms with Gasteiger partial charge in [-0.05, 0) is 32.3 Å². The minimum Gasteiger partial charge on any atom is -0.465 e. The Labute approximate surface area is 140 Å². The maximum Gasteiger partial charge on any atom is 0.350 e. The van der Waals surface area contributed by atoms with Crippen molar-refractivity contribution in [2.45, 2.75) is 13.8 Å². The summed E-state index contributed by atoms with van der Waals surface area (Å²) in [5.74, 6) is -0.792. The summed E-state index contributed by atoms with van der Waals surface area (Å²) in [5.41, 5.74) is 0.426. The van der Waals surface area contributed by atoms with Gasteiger partial charge in [0, 0.05) is 13.1 Å². The zero-order chi connectivity index (χ0) is 17.4. The molecule has 0 aliphatic carbocycles. The smallest absolute Gasteiger partial charge is 0.350 e. The normalized spacial score (nSPS) is 10.5. The van der Waals surface area contributed by atoms with Crippen LogP contribution in [-0.4, -0.2) is 67.9 Å². The van der Waals surface area contributed by atoms with Crippen LogP contribution in [0.4, 0.5) is 5.69 Å². The predicted octanol–water partition coefficient (Wildman–Crippen LogP) is 1.27. The van der Waals surface area contributed by atoms with Gasteiger partial charge in [0.05, 0.1) is 25.9 Å². The molecule has 0 fully saturated rings. The summed E-state index contributed by atoms with van der Waals surface area (Å²) in [6.45, 7) is 5.35. The quantitative estimate of drug-likeness (QED) is 0.721. The third kappa shape index (κ3) is 5.65. The largest absolute Gasteiger partial charge is 0.465 e. The van der Waals surface area contributed by atoms with Crippen LogP contribution in [0.3, 0.4) is 0 Å². The second-order valence-electron chi connectivity index (χ2n) is 4.94. The predicted molar refractivity (Wildman–Crippen MR) is 89.7 cm³/mol. The van der Waals surface area contributed by atoms with E-state index in [0.717, 1.165) is 0 Å². The summed E-state index contributed by atoms with van der Waals surface area (Å²) in [6, 6.07) is 1.65. The molecule has 1 heterocycles. The summed E-state index contributed by atoms with van der Waals surface area (Å²) in [5, 5.41) is 4.38.